The van der Waals surface area contributed by atoms with Crippen LogP contribution >= 0.6 is 0 Å². The van der Waals surface area contributed by atoms with Crippen molar-refractivity contribution in [2.75, 3.05) is 32.9 Å². The highest BCUT2D eigenvalue weighted by Gasteiger charge is 2.18. The fraction of sp³-hybridized carbons (Fsp3) is 0.480. The number of hydrogen-bond acceptors (Lipinski definition) is 6. The molecule has 1 aliphatic rings. The quantitative estimate of drug-likeness (QED) is 0.557. The van der Waals surface area contributed by atoms with Crippen molar-refractivity contribution < 1.29 is 23.8 Å². The molecule has 33 heavy (non-hydrogen) atoms. The molecule has 2 heterocycles. The van der Waals surface area contributed by atoms with Crippen molar-refractivity contribution in [3.63, 3.8) is 0 Å². The van der Waals surface area contributed by atoms with Gasteiger partial charge < -0.3 is 24.4 Å². The van der Waals surface area contributed by atoms with E-state index in [1.165, 1.54) is 0 Å². The molecule has 2 aromatic rings. The van der Waals surface area contributed by atoms with E-state index in [0.717, 1.165) is 44.3 Å². The molecule has 0 radical (unpaired) electrons. The Morgan fingerprint density at radius 1 is 1.03 bits per heavy atom. The van der Waals surface area contributed by atoms with E-state index < -0.39 is 0 Å². The molecule has 1 aromatic carbocycles. The first-order chi connectivity index (χ1) is 16.1. The van der Waals surface area contributed by atoms with Crippen LogP contribution in [0.25, 0.3) is 0 Å². The predicted molar refractivity (Wildman–Crippen MR) is 125 cm³/mol. The van der Waals surface area contributed by atoms with Gasteiger partial charge in [-0.2, -0.15) is 0 Å². The Labute approximate surface area is 195 Å². The number of carbonyl (C=O) groups excluding carboxylic acids is 2. The molecule has 1 N–H and O–H groups in total. The number of rotatable bonds is 11. The van der Waals surface area contributed by atoms with Crippen molar-refractivity contribution in [1.29, 1.82) is 0 Å². The number of aromatic nitrogens is 1. The van der Waals surface area contributed by atoms with E-state index in [2.05, 4.69) is 10.3 Å². The van der Waals surface area contributed by atoms with Gasteiger partial charge in [-0.1, -0.05) is 13.0 Å². The Morgan fingerprint density at radius 3 is 2.61 bits per heavy atom. The summed E-state index contributed by atoms with van der Waals surface area (Å²) in [6.45, 7) is 6.66. The lowest BCUT2D eigenvalue weighted by Gasteiger charge is -2.26. The zero-order valence-electron chi connectivity index (χ0n) is 19.5. The lowest BCUT2D eigenvalue weighted by atomic mass is 10.1. The fourth-order valence-corrected chi connectivity index (χ4v) is 3.58. The van der Waals surface area contributed by atoms with Crippen LogP contribution < -0.4 is 19.5 Å². The summed E-state index contributed by atoms with van der Waals surface area (Å²) in [5.74, 6) is 1.12. The van der Waals surface area contributed by atoms with Gasteiger partial charge in [0.15, 0.2) is 18.1 Å². The molecule has 3 rings (SSSR count). The second-order valence-electron chi connectivity index (χ2n) is 7.82. The number of ether oxygens (including phenoxy) is 3. The highest BCUT2D eigenvalue weighted by Crippen LogP contribution is 2.29. The molecule has 0 saturated carbocycles. The van der Waals surface area contributed by atoms with Crippen molar-refractivity contribution in [2.45, 2.75) is 46.1 Å². The average molecular weight is 456 g/mol. The van der Waals surface area contributed by atoms with Crippen LogP contribution in [0.3, 0.4) is 0 Å². The lowest BCUT2D eigenvalue weighted by molar-refractivity contribution is -0.134. The largest absolute Gasteiger partial charge is 0.490 e. The Hall–Kier alpha value is -3.29. The van der Waals surface area contributed by atoms with E-state index in [-0.39, 0.29) is 25.0 Å². The number of piperidine rings is 1. The molecule has 1 fully saturated rings. The Kier molecular flexibility index (Phi) is 9.35. The maximum Gasteiger partial charge on any atom is 0.260 e. The average Bonchev–Trinajstić information content (AvgIpc) is 2.86. The number of benzene rings is 1. The summed E-state index contributed by atoms with van der Waals surface area (Å²) in [6, 6.07) is 8.65. The molecule has 1 saturated heterocycles. The first kappa shape index (κ1) is 24.4. The van der Waals surface area contributed by atoms with E-state index in [1.54, 1.807) is 24.4 Å². The molecule has 178 valence electrons. The van der Waals surface area contributed by atoms with E-state index >= 15 is 0 Å². The summed E-state index contributed by atoms with van der Waals surface area (Å²) in [5.41, 5.74) is 1.24. The number of carbonyl (C=O) groups is 2. The van der Waals surface area contributed by atoms with Gasteiger partial charge in [0.25, 0.3) is 11.8 Å². The van der Waals surface area contributed by atoms with Gasteiger partial charge in [0.2, 0.25) is 5.88 Å². The minimum Gasteiger partial charge on any atom is -0.490 e. The van der Waals surface area contributed by atoms with Gasteiger partial charge in [0, 0.05) is 37.0 Å². The summed E-state index contributed by atoms with van der Waals surface area (Å²) in [7, 11) is 0. The summed E-state index contributed by atoms with van der Waals surface area (Å²) in [5, 5.41) is 2.90. The summed E-state index contributed by atoms with van der Waals surface area (Å²) < 4.78 is 17.1. The van der Waals surface area contributed by atoms with Crippen LogP contribution in [-0.2, 0) is 11.3 Å². The number of hydrogen-bond donors (Lipinski definition) is 1. The van der Waals surface area contributed by atoms with Crippen LogP contribution in [-0.4, -0.2) is 54.6 Å². The van der Waals surface area contributed by atoms with Crippen molar-refractivity contribution >= 4 is 11.8 Å². The Morgan fingerprint density at radius 2 is 1.85 bits per heavy atom. The van der Waals surface area contributed by atoms with E-state index in [9.17, 15) is 9.59 Å². The van der Waals surface area contributed by atoms with Crippen molar-refractivity contribution in [3.05, 3.63) is 47.7 Å². The third kappa shape index (κ3) is 7.10. The third-order valence-corrected chi connectivity index (χ3v) is 5.30. The van der Waals surface area contributed by atoms with Crippen LogP contribution in [0, 0.1) is 0 Å². The van der Waals surface area contributed by atoms with Crippen molar-refractivity contribution in [1.82, 2.24) is 15.2 Å². The van der Waals surface area contributed by atoms with Gasteiger partial charge in [-0.15, -0.1) is 0 Å². The van der Waals surface area contributed by atoms with Gasteiger partial charge in [-0.25, -0.2) is 4.98 Å². The molecule has 2 amide bonds. The maximum atomic E-state index is 12.8. The molecule has 1 aromatic heterocycles. The van der Waals surface area contributed by atoms with Crippen LogP contribution in [0.2, 0.25) is 0 Å². The van der Waals surface area contributed by atoms with Gasteiger partial charge in [0.05, 0.1) is 13.2 Å². The number of nitrogens with one attached hydrogen (secondary N) is 1. The smallest absolute Gasteiger partial charge is 0.260 e. The Balaban J connectivity index is 1.62. The molecular weight excluding hydrogens is 422 g/mol. The van der Waals surface area contributed by atoms with Crippen LogP contribution in [0.1, 0.15) is 55.5 Å². The van der Waals surface area contributed by atoms with Gasteiger partial charge >= 0.3 is 0 Å². The van der Waals surface area contributed by atoms with E-state index in [4.69, 9.17) is 14.2 Å². The fourth-order valence-electron chi connectivity index (χ4n) is 3.58. The summed E-state index contributed by atoms with van der Waals surface area (Å²) in [6.07, 6.45) is 5.77. The zero-order valence-corrected chi connectivity index (χ0v) is 19.5. The highest BCUT2D eigenvalue weighted by molar-refractivity contribution is 5.94. The number of amides is 2. The standard InChI is InChI=1S/C25H33N3O5/c1-3-15-32-25-20(9-8-12-26-25)17-27-24(30)19-10-11-21(22(16-19)31-4-2)33-18-23(29)28-13-6-5-7-14-28/h8-12,16H,3-7,13-15,17-18H2,1-2H3,(H,27,30). The molecule has 0 unspecified atom stereocenters. The second-order valence-corrected chi connectivity index (χ2v) is 7.82. The van der Waals surface area contributed by atoms with Crippen LogP contribution in [0.4, 0.5) is 0 Å². The third-order valence-electron chi connectivity index (χ3n) is 5.30. The minimum atomic E-state index is -0.253. The van der Waals surface area contributed by atoms with E-state index in [0.29, 0.717) is 36.2 Å². The molecule has 8 heteroatoms. The van der Waals surface area contributed by atoms with Gasteiger partial charge in [-0.05, 0) is 56.9 Å². The van der Waals surface area contributed by atoms with Gasteiger partial charge in [0.1, 0.15) is 0 Å². The first-order valence-electron chi connectivity index (χ1n) is 11.6. The molecule has 1 aliphatic heterocycles. The van der Waals surface area contributed by atoms with Crippen molar-refractivity contribution in [3.8, 4) is 17.4 Å². The Bertz CT molecular complexity index is 928. The predicted octanol–water partition coefficient (Wildman–Crippen LogP) is 3.59. The van der Waals surface area contributed by atoms with Crippen LogP contribution in [0.5, 0.6) is 17.4 Å². The topological polar surface area (TPSA) is 90.0 Å². The zero-order chi connectivity index (χ0) is 23.5. The minimum absolute atomic E-state index is 0.0310. The molecular formula is C25H33N3O5. The molecule has 0 bridgehead atoms. The summed E-state index contributed by atoms with van der Waals surface area (Å²) in [4.78, 5) is 31.2. The maximum absolute atomic E-state index is 12.8. The number of nitrogens with zero attached hydrogens (tertiary/aromatic N) is 2. The second kappa shape index (κ2) is 12.7. The normalized spacial score (nSPS) is 13.3. The molecule has 8 nitrogen and oxygen atoms in total. The molecule has 0 spiro atoms. The summed E-state index contributed by atoms with van der Waals surface area (Å²) >= 11 is 0. The molecule has 0 aliphatic carbocycles. The first-order valence-corrected chi connectivity index (χ1v) is 11.6. The lowest BCUT2D eigenvalue weighted by Crippen LogP contribution is -2.38. The van der Waals surface area contributed by atoms with Crippen molar-refractivity contribution in [2.24, 2.45) is 0 Å². The number of likely N-dealkylation sites (tertiary alicyclic amines) is 1. The highest BCUT2D eigenvalue weighted by atomic mass is 16.5. The van der Waals surface area contributed by atoms with E-state index in [1.807, 2.05) is 30.9 Å². The SMILES string of the molecule is CCCOc1ncccc1CNC(=O)c1ccc(OCC(=O)N2CCCCC2)c(OCC)c1. The molecule has 0 atom stereocenters. The number of pyridine rings is 1. The van der Waals surface area contributed by atoms with Gasteiger partial charge in [-0.3, -0.25) is 9.59 Å². The van der Waals surface area contributed by atoms with Crippen LogP contribution in [0.15, 0.2) is 36.5 Å². The monoisotopic (exact) mass is 455 g/mol.